The van der Waals surface area contributed by atoms with E-state index >= 15 is 0 Å². The third-order valence-electron chi connectivity index (χ3n) is 6.06. The number of hydrogen-bond acceptors (Lipinski definition) is 5. The number of methoxy groups -OCH3 is 1. The van der Waals surface area contributed by atoms with Crippen molar-refractivity contribution in [2.75, 3.05) is 30.8 Å². The lowest BCUT2D eigenvalue weighted by molar-refractivity contribution is -0.141. The first kappa shape index (κ1) is 31.7. The Bertz CT molecular complexity index is 1190. The highest BCUT2D eigenvalue weighted by atomic mass is 35.5. The minimum atomic E-state index is -3.61. The highest BCUT2D eigenvalue weighted by Gasteiger charge is 2.29. The van der Waals surface area contributed by atoms with Crippen LogP contribution in [0.5, 0.6) is 5.75 Å². The molecule has 0 aliphatic carbocycles. The van der Waals surface area contributed by atoms with Crippen LogP contribution in [0.1, 0.15) is 51.5 Å². The summed E-state index contributed by atoms with van der Waals surface area (Å²) in [5, 5.41) is 3.79. The van der Waals surface area contributed by atoms with E-state index in [1.807, 2.05) is 13.8 Å². The van der Waals surface area contributed by atoms with Crippen molar-refractivity contribution in [3.05, 3.63) is 58.1 Å². The fraction of sp³-hybridized carbons (Fsp3) is 0.481. The molecule has 210 valence electrons. The third-order valence-corrected chi connectivity index (χ3v) is 7.85. The molecule has 0 aromatic heterocycles. The Morgan fingerprint density at radius 1 is 1.08 bits per heavy atom. The summed E-state index contributed by atoms with van der Waals surface area (Å²) in [6.45, 7) is 4.63. The second-order valence-corrected chi connectivity index (χ2v) is 11.7. The molecule has 2 aromatic carbocycles. The van der Waals surface area contributed by atoms with Gasteiger partial charge in [-0.05, 0) is 49.1 Å². The number of rotatable bonds is 15. The van der Waals surface area contributed by atoms with Gasteiger partial charge in [-0.25, -0.2) is 8.42 Å². The zero-order valence-electron chi connectivity index (χ0n) is 22.4. The first-order chi connectivity index (χ1) is 18.0. The number of halogens is 2. The number of nitrogens with one attached hydrogen (secondary N) is 1. The molecule has 0 heterocycles. The van der Waals surface area contributed by atoms with Crippen LogP contribution >= 0.6 is 23.2 Å². The van der Waals surface area contributed by atoms with E-state index < -0.39 is 16.1 Å². The van der Waals surface area contributed by atoms with Crippen molar-refractivity contribution in [2.24, 2.45) is 0 Å². The molecule has 2 rings (SSSR count). The minimum absolute atomic E-state index is 0.0416. The fourth-order valence-corrected chi connectivity index (χ4v) is 5.45. The largest absolute Gasteiger partial charge is 0.497 e. The summed E-state index contributed by atoms with van der Waals surface area (Å²) < 4.78 is 31.5. The quantitative estimate of drug-likeness (QED) is 0.287. The lowest BCUT2D eigenvalue weighted by atomic mass is 10.1. The van der Waals surface area contributed by atoms with E-state index in [1.54, 1.807) is 42.5 Å². The van der Waals surface area contributed by atoms with Crippen molar-refractivity contribution in [2.45, 2.75) is 58.5 Å². The number of anilines is 1. The van der Waals surface area contributed by atoms with Crippen LogP contribution in [0.15, 0.2) is 42.5 Å². The van der Waals surface area contributed by atoms with E-state index in [1.165, 1.54) is 16.3 Å². The molecule has 0 unspecified atom stereocenters. The number of unbranched alkanes of at least 4 members (excludes halogenated alkanes) is 1. The molecule has 8 nitrogen and oxygen atoms in total. The van der Waals surface area contributed by atoms with Gasteiger partial charge in [-0.1, -0.05) is 55.6 Å². The molecular formula is C27H37Cl2N3O5S. The number of sulfonamides is 1. The number of benzene rings is 2. The summed E-state index contributed by atoms with van der Waals surface area (Å²) in [5.41, 5.74) is 1.12. The lowest BCUT2D eigenvalue weighted by Gasteiger charge is -2.31. The molecule has 0 fully saturated rings. The number of hydrogen-bond donors (Lipinski definition) is 1. The van der Waals surface area contributed by atoms with E-state index in [0.29, 0.717) is 40.0 Å². The van der Waals surface area contributed by atoms with Crippen molar-refractivity contribution < 1.29 is 22.7 Å². The number of ether oxygens (including phenoxy) is 1. The van der Waals surface area contributed by atoms with Crippen LogP contribution in [0, 0.1) is 0 Å². The van der Waals surface area contributed by atoms with Gasteiger partial charge in [0.15, 0.2) is 0 Å². The molecule has 2 aromatic rings. The van der Waals surface area contributed by atoms with E-state index in [2.05, 4.69) is 5.32 Å². The maximum absolute atomic E-state index is 13.5. The van der Waals surface area contributed by atoms with Gasteiger partial charge in [0, 0.05) is 42.2 Å². The summed E-state index contributed by atoms with van der Waals surface area (Å²) in [6.07, 6.45) is 3.60. The fourth-order valence-electron chi connectivity index (χ4n) is 4.03. The van der Waals surface area contributed by atoms with E-state index in [9.17, 15) is 18.0 Å². The van der Waals surface area contributed by atoms with Gasteiger partial charge in [0.25, 0.3) is 0 Å². The number of nitrogens with zero attached hydrogens (tertiary/aromatic N) is 2. The maximum atomic E-state index is 13.5. The van der Waals surface area contributed by atoms with Crippen molar-refractivity contribution in [1.82, 2.24) is 10.2 Å². The molecule has 0 radical (unpaired) electrons. The van der Waals surface area contributed by atoms with Gasteiger partial charge >= 0.3 is 0 Å². The van der Waals surface area contributed by atoms with Crippen molar-refractivity contribution in [3.8, 4) is 5.75 Å². The Kier molecular flexibility index (Phi) is 12.7. The summed E-state index contributed by atoms with van der Waals surface area (Å²) in [6, 6.07) is 11.1. The molecule has 1 atom stereocenters. The predicted molar refractivity (Wildman–Crippen MR) is 153 cm³/mol. The number of amides is 2. The van der Waals surface area contributed by atoms with Gasteiger partial charge in [-0.15, -0.1) is 0 Å². The van der Waals surface area contributed by atoms with Crippen molar-refractivity contribution in [1.29, 1.82) is 0 Å². The summed E-state index contributed by atoms with van der Waals surface area (Å²) >= 11 is 12.4. The smallest absolute Gasteiger partial charge is 0.242 e. The third kappa shape index (κ3) is 9.36. The van der Waals surface area contributed by atoms with E-state index in [4.69, 9.17) is 27.9 Å². The molecule has 11 heteroatoms. The monoisotopic (exact) mass is 585 g/mol. The zero-order valence-corrected chi connectivity index (χ0v) is 24.7. The van der Waals surface area contributed by atoms with E-state index in [0.717, 1.165) is 19.1 Å². The van der Waals surface area contributed by atoms with Gasteiger partial charge < -0.3 is 15.0 Å². The Labute approximate surface area is 236 Å². The average Bonchev–Trinajstić information content (AvgIpc) is 2.87. The van der Waals surface area contributed by atoms with Crippen LogP contribution in [0.2, 0.25) is 10.0 Å². The van der Waals surface area contributed by atoms with E-state index in [-0.39, 0.29) is 37.7 Å². The zero-order chi connectivity index (χ0) is 28.3. The molecule has 0 aliphatic heterocycles. The molecule has 1 N–H and O–H groups in total. The second-order valence-electron chi connectivity index (χ2n) is 8.97. The van der Waals surface area contributed by atoms with Crippen LogP contribution < -0.4 is 14.4 Å². The molecule has 0 saturated heterocycles. The molecule has 2 amide bonds. The summed E-state index contributed by atoms with van der Waals surface area (Å²) in [7, 11) is -2.10. The minimum Gasteiger partial charge on any atom is -0.497 e. The standard InChI is InChI=1S/C27H37Cl2N3O5S/c1-5-7-15-30-27(34)25(6-2)31(19-20-13-14-21(28)17-24(20)29)26(33)12-9-16-32(38(4,35)36)22-10-8-11-23(18-22)37-3/h8,10-11,13-14,17-18,25H,5-7,9,12,15-16,19H2,1-4H3,(H,30,34)/t25-/m1/s1. The average molecular weight is 587 g/mol. The topological polar surface area (TPSA) is 96.0 Å². The molecule has 0 spiro atoms. The van der Waals surface area contributed by atoms with Gasteiger partial charge in [0.1, 0.15) is 11.8 Å². The second kappa shape index (κ2) is 15.2. The first-order valence-corrected chi connectivity index (χ1v) is 15.2. The van der Waals surface area contributed by atoms with Gasteiger partial charge in [-0.3, -0.25) is 13.9 Å². The molecule has 0 saturated carbocycles. The Morgan fingerprint density at radius 2 is 1.82 bits per heavy atom. The SMILES string of the molecule is CCCCNC(=O)[C@@H](CC)N(Cc1ccc(Cl)cc1Cl)C(=O)CCCN(c1cccc(OC)c1)S(C)(=O)=O. The summed E-state index contributed by atoms with van der Waals surface area (Å²) in [4.78, 5) is 28.1. The van der Waals surface area contributed by atoms with Crippen LogP contribution in [-0.4, -0.2) is 57.6 Å². The van der Waals surface area contributed by atoms with Crippen LogP contribution in [0.4, 0.5) is 5.69 Å². The van der Waals surface area contributed by atoms with Crippen LogP contribution in [-0.2, 0) is 26.2 Å². The highest BCUT2D eigenvalue weighted by molar-refractivity contribution is 7.92. The molecule has 38 heavy (non-hydrogen) atoms. The normalized spacial score (nSPS) is 12.1. The maximum Gasteiger partial charge on any atom is 0.242 e. The van der Waals surface area contributed by atoms with Gasteiger partial charge in [0.2, 0.25) is 21.8 Å². The van der Waals surface area contributed by atoms with Crippen molar-refractivity contribution in [3.63, 3.8) is 0 Å². The number of carbonyl (C=O) groups excluding carboxylic acids is 2. The summed E-state index contributed by atoms with van der Waals surface area (Å²) in [5.74, 6) is 0.0271. The number of carbonyl (C=O) groups is 2. The van der Waals surface area contributed by atoms with Gasteiger partial charge in [-0.2, -0.15) is 0 Å². The van der Waals surface area contributed by atoms with Crippen LogP contribution in [0.3, 0.4) is 0 Å². The Hall–Kier alpha value is -2.49. The highest BCUT2D eigenvalue weighted by Crippen LogP contribution is 2.26. The van der Waals surface area contributed by atoms with Gasteiger partial charge in [0.05, 0.1) is 19.1 Å². The lowest BCUT2D eigenvalue weighted by Crippen LogP contribution is -2.49. The Morgan fingerprint density at radius 3 is 2.42 bits per heavy atom. The molecule has 0 bridgehead atoms. The predicted octanol–water partition coefficient (Wildman–Crippen LogP) is 5.27. The molecule has 0 aliphatic rings. The Balaban J connectivity index is 2.24. The molecular weight excluding hydrogens is 549 g/mol. The van der Waals surface area contributed by atoms with Crippen molar-refractivity contribution >= 4 is 50.7 Å². The first-order valence-electron chi connectivity index (χ1n) is 12.6. The van der Waals surface area contributed by atoms with Crippen LogP contribution in [0.25, 0.3) is 0 Å².